The van der Waals surface area contributed by atoms with Crippen LogP contribution in [0, 0.1) is 0 Å². The van der Waals surface area contributed by atoms with E-state index >= 15 is 0 Å². The molecule has 0 amide bonds. The summed E-state index contributed by atoms with van der Waals surface area (Å²) in [5.41, 5.74) is 0.993. The van der Waals surface area contributed by atoms with Crippen LogP contribution in [0.4, 0.5) is 0 Å². The molecule has 0 aliphatic carbocycles. The SMILES string of the molecule is COc1cc(C2Oc3c(O)cc(/C=C/C(=O)O)cc3C2C(=O)O)ccc1O. The van der Waals surface area contributed by atoms with Crippen molar-refractivity contribution in [3.63, 3.8) is 0 Å². The Morgan fingerprint density at radius 3 is 2.48 bits per heavy atom. The summed E-state index contributed by atoms with van der Waals surface area (Å²) in [5, 5.41) is 38.4. The average Bonchev–Trinajstić information content (AvgIpc) is 3.00. The third-order valence-corrected chi connectivity index (χ3v) is 4.22. The first-order chi connectivity index (χ1) is 12.8. The van der Waals surface area contributed by atoms with Gasteiger partial charge in [0.1, 0.15) is 12.0 Å². The molecule has 1 aliphatic rings. The van der Waals surface area contributed by atoms with Crippen LogP contribution in [0.1, 0.15) is 28.7 Å². The van der Waals surface area contributed by atoms with Gasteiger partial charge in [-0.25, -0.2) is 4.79 Å². The number of hydrogen-bond acceptors (Lipinski definition) is 6. The van der Waals surface area contributed by atoms with Crippen LogP contribution < -0.4 is 9.47 Å². The smallest absolute Gasteiger partial charge is 0.328 e. The number of aromatic hydroxyl groups is 2. The molecule has 0 saturated heterocycles. The molecule has 27 heavy (non-hydrogen) atoms. The van der Waals surface area contributed by atoms with Crippen molar-refractivity contribution < 1.29 is 39.5 Å². The van der Waals surface area contributed by atoms with E-state index in [1.54, 1.807) is 0 Å². The molecule has 140 valence electrons. The van der Waals surface area contributed by atoms with E-state index < -0.39 is 24.0 Å². The van der Waals surface area contributed by atoms with E-state index in [4.69, 9.17) is 14.6 Å². The van der Waals surface area contributed by atoms with Gasteiger partial charge in [-0.15, -0.1) is 0 Å². The molecular weight excluding hydrogens is 356 g/mol. The molecule has 0 bridgehead atoms. The van der Waals surface area contributed by atoms with E-state index in [1.807, 2.05) is 0 Å². The molecule has 8 heteroatoms. The van der Waals surface area contributed by atoms with Gasteiger partial charge in [-0.1, -0.05) is 6.07 Å². The van der Waals surface area contributed by atoms with Crippen molar-refractivity contribution >= 4 is 18.0 Å². The van der Waals surface area contributed by atoms with Crippen LogP contribution in [0.3, 0.4) is 0 Å². The van der Waals surface area contributed by atoms with Gasteiger partial charge in [0.15, 0.2) is 23.0 Å². The number of rotatable bonds is 5. The van der Waals surface area contributed by atoms with Crippen molar-refractivity contribution in [2.45, 2.75) is 12.0 Å². The summed E-state index contributed by atoms with van der Waals surface area (Å²) >= 11 is 0. The Kier molecular flexibility index (Phi) is 4.64. The first kappa shape index (κ1) is 18.1. The molecule has 4 N–H and O–H groups in total. The molecular formula is C19H16O8. The van der Waals surface area contributed by atoms with Crippen molar-refractivity contribution in [3.05, 3.63) is 53.1 Å². The fourth-order valence-electron chi connectivity index (χ4n) is 3.03. The van der Waals surface area contributed by atoms with Gasteiger partial charge in [-0.05, 0) is 41.5 Å². The molecule has 1 heterocycles. The maximum Gasteiger partial charge on any atom is 0.328 e. The Morgan fingerprint density at radius 2 is 1.85 bits per heavy atom. The number of aliphatic carboxylic acids is 2. The molecule has 0 radical (unpaired) electrons. The number of benzene rings is 2. The summed E-state index contributed by atoms with van der Waals surface area (Å²) < 4.78 is 10.8. The van der Waals surface area contributed by atoms with Gasteiger partial charge in [0.05, 0.1) is 7.11 Å². The molecule has 3 rings (SSSR count). The lowest BCUT2D eigenvalue weighted by molar-refractivity contribution is -0.140. The third-order valence-electron chi connectivity index (χ3n) is 4.22. The fourth-order valence-corrected chi connectivity index (χ4v) is 3.03. The van der Waals surface area contributed by atoms with Gasteiger partial charge in [-0.2, -0.15) is 0 Å². The van der Waals surface area contributed by atoms with Crippen LogP contribution in [0.15, 0.2) is 36.4 Å². The highest BCUT2D eigenvalue weighted by atomic mass is 16.5. The third kappa shape index (κ3) is 3.37. The van der Waals surface area contributed by atoms with Gasteiger partial charge >= 0.3 is 11.9 Å². The molecule has 0 fully saturated rings. The molecule has 2 unspecified atom stereocenters. The number of methoxy groups -OCH3 is 1. The molecule has 1 aliphatic heterocycles. The number of phenolic OH excluding ortho intramolecular Hbond substituents is 2. The topological polar surface area (TPSA) is 134 Å². The Hall–Kier alpha value is -3.68. The van der Waals surface area contributed by atoms with Gasteiger partial charge in [0, 0.05) is 11.6 Å². The van der Waals surface area contributed by atoms with Crippen molar-refractivity contribution in [2.75, 3.05) is 7.11 Å². The summed E-state index contributed by atoms with van der Waals surface area (Å²) in [4.78, 5) is 22.6. The van der Waals surface area contributed by atoms with Crippen LogP contribution >= 0.6 is 0 Å². The quantitative estimate of drug-likeness (QED) is 0.588. The Balaban J connectivity index is 2.07. The number of hydrogen-bond donors (Lipinski definition) is 4. The highest BCUT2D eigenvalue weighted by Gasteiger charge is 2.42. The normalized spacial score (nSPS) is 18.1. The van der Waals surface area contributed by atoms with E-state index in [1.165, 1.54) is 43.5 Å². The van der Waals surface area contributed by atoms with Crippen LogP contribution in [-0.4, -0.2) is 39.5 Å². The lowest BCUT2D eigenvalue weighted by atomic mass is 9.90. The van der Waals surface area contributed by atoms with Crippen molar-refractivity contribution in [1.29, 1.82) is 0 Å². The molecule has 8 nitrogen and oxygen atoms in total. The number of phenols is 2. The summed E-state index contributed by atoms with van der Waals surface area (Å²) in [5.74, 6) is -3.71. The monoisotopic (exact) mass is 372 g/mol. The maximum atomic E-state index is 11.9. The van der Waals surface area contributed by atoms with E-state index in [-0.39, 0.29) is 28.6 Å². The largest absolute Gasteiger partial charge is 0.504 e. The molecule has 2 atom stereocenters. The summed E-state index contributed by atoms with van der Waals surface area (Å²) in [6.45, 7) is 0. The second kappa shape index (κ2) is 6.91. The number of fused-ring (bicyclic) bond motifs is 1. The van der Waals surface area contributed by atoms with Gasteiger partial charge in [0.25, 0.3) is 0 Å². The second-order valence-corrected chi connectivity index (χ2v) is 5.92. The Bertz CT molecular complexity index is 947. The first-order valence-electron chi connectivity index (χ1n) is 7.86. The lowest BCUT2D eigenvalue weighted by Crippen LogP contribution is -2.18. The predicted molar refractivity (Wildman–Crippen MR) is 93.2 cm³/mol. The Labute approximate surface area is 153 Å². The highest BCUT2D eigenvalue weighted by molar-refractivity contribution is 5.86. The minimum atomic E-state index is -1.18. The standard InChI is InChI=1S/C19H16O8/c1-26-14-8-10(3-4-12(14)20)17-16(19(24)25)11-6-9(2-5-15(22)23)7-13(21)18(11)27-17/h2-8,16-17,20-21H,1H3,(H,22,23)(H,24,25)/b5-2+. The second-order valence-electron chi connectivity index (χ2n) is 5.92. The summed E-state index contributed by atoms with van der Waals surface area (Å²) in [6.07, 6.45) is 1.17. The molecule has 2 aromatic rings. The molecule has 2 aromatic carbocycles. The van der Waals surface area contributed by atoms with Crippen LogP contribution in [0.2, 0.25) is 0 Å². The van der Waals surface area contributed by atoms with Crippen molar-refractivity contribution in [1.82, 2.24) is 0 Å². The summed E-state index contributed by atoms with van der Waals surface area (Å²) in [7, 11) is 1.37. The highest BCUT2D eigenvalue weighted by Crippen LogP contribution is 2.51. The number of ether oxygens (including phenoxy) is 2. The van der Waals surface area contributed by atoms with Gasteiger partial charge < -0.3 is 29.9 Å². The van der Waals surface area contributed by atoms with Crippen LogP contribution in [0.25, 0.3) is 6.08 Å². The van der Waals surface area contributed by atoms with Crippen LogP contribution in [0.5, 0.6) is 23.0 Å². The van der Waals surface area contributed by atoms with Crippen molar-refractivity contribution in [3.8, 4) is 23.0 Å². The van der Waals surface area contributed by atoms with Gasteiger partial charge in [0.2, 0.25) is 0 Å². The fraction of sp³-hybridized carbons (Fsp3) is 0.158. The minimum absolute atomic E-state index is 0.0203. The van der Waals surface area contributed by atoms with E-state index in [0.717, 1.165) is 6.08 Å². The van der Waals surface area contributed by atoms with E-state index in [0.29, 0.717) is 11.1 Å². The van der Waals surface area contributed by atoms with Crippen LogP contribution in [-0.2, 0) is 9.59 Å². The minimum Gasteiger partial charge on any atom is -0.504 e. The lowest BCUT2D eigenvalue weighted by Gasteiger charge is -2.17. The van der Waals surface area contributed by atoms with E-state index in [9.17, 15) is 24.9 Å². The Morgan fingerprint density at radius 1 is 1.11 bits per heavy atom. The average molecular weight is 372 g/mol. The van der Waals surface area contributed by atoms with Crippen molar-refractivity contribution in [2.24, 2.45) is 0 Å². The van der Waals surface area contributed by atoms with E-state index in [2.05, 4.69) is 0 Å². The predicted octanol–water partition coefficient (Wildman–Crippen LogP) is 2.51. The zero-order valence-electron chi connectivity index (χ0n) is 14.1. The number of carbonyl (C=O) groups is 2. The molecule has 0 spiro atoms. The zero-order valence-corrected chi connectivity index (χ0v) is 14.1. The number of carboxylic acids is 2. The number of carboxylic acid groups (broad SMARTS) is 2. The van der Waals surface area contributed by atoms with Gasteiger partial charge in [-0.3, -0.25) is 4.79 Å². The maximum absolute atomic E-state index is 11.9. The first-order valence-corrected chi connectivity index (χ1v) is 7.86. The molecule has 0 aromatic heterocycles. The summed E-state index contributed by atoms with van der Waals surface area (Å²) in [6, 6.07) is 7.08. The molecule has 0 saturated carbocycles. The zero-order chi connectivity index (χ0) is 19.7.